The SMILES string of the molecule is Cc1c(OCc2ccnn2C)ccc2c1CCN(CC(O)CN)C2. The Bertz CT molecular complexity index is 698. The van der Waals surface area contributed by atoms with E-state index in [2.05, 4.69) is 23.0 Å². The highest BCUT2D eigenvalue weighted by atomic mass is 16.5. The van der Waals surface area contributed by atoms with E-state index in [0.29, 0.717) is 19.7 Å². The number of ether oxygens (including phenoxy) is 1. The van der Waals surface area contributed by atoms with Gasteiger partial charge in [0.15, 0.2) is 0 Å². The van der Waals surface area contributed by atoms with Crippen molar-refractivity contribution in [1.82, 2.24) is 14.7 Å². The molecule has 1 atom stereocenters. The lowest BCUT2D eigenvalue weighted by Gasteiger charge is -2.31. The van der Waals surface area contributed by atoms with Crippen LogP contribution in [-0.2, 0) is 26.6 Å². The Morgan fingerprint density at radius 2 is 2.21 bits per heavy atom. The van der Waals surface area contributed by atoms with E-state index >= 15 is 0 Å². The van der Waals surface area contributed by atoms with Gasteiger partial charge in [-0.15, -0.1) is 0 Å². The van der Waals surface area contributed by atoms with Crippen LogP contribution in [0.25, 0.3) is 0 Å². The van der Waals surface area contributed by atoms with Gasteiger partial charge < -0.3 is 15.6 Å². The molecular formula is C18H26N4O2. The van der Waals surface area contributed by atoms with E-state index in [4.69, 9.17) is 10.5 Å². The van der Waals surface area contributed by atoms with E-state index < -0.39 is 6.10 Å². The third-order valence-corrected chi connectivity index (χ3v) is 4.76. The summed E-state index contributed by atoms with van der Waals surface area (Å²) in [6, 6.07) is 6.16. The zero-order valence-electron chi connectivity index (χ0n) is 14.4. The molecular weight excluding hydrogens is 304 g/mol. The molecule has 1 unspecified atom stereocenters. The molecule has 1 aromatic carbocycles. The lowest BCUT2D eigenvalue weighted by atomic mass is 9.94. The molecule has 1 aliphatic heterocycles. The Hall–Kier alpha value is -1.89. The van der Waals surface area contributed by atoms with Crippen LogP contribution in [0.2, 0.25) is 0 Å². The van der Waals surface area contributed by atoms with Gasteiger partial charge in [0.25, 0.3) is 0 Å². The van der Waals surface area contributed by atoms with Gasteiger partial charge in [-0.2, -0.15) is 5.10 Å². The van der Waals surface area contributed by atoms with Gasteiger partial charge in [-0.1, -0.05) is 6.07 Å². The summed E-state index contributed by atoms with van der Waals surface area (Å²) < 4.78 is 7.83. The second-order valence-electron chi connectivity index (χ2n) is 6.44. The van der Waals surface area contributed by atoms with Crippen molar-refractivity contribution in [2.24, 2.45) is 12.8 Å². The number of aromatic nitrogens is 2. The third-order valence-electron chi connectivity index (χ3n) is 4.76. The molecule has 0 spiro atoms. The topological polar surface area (TPSA) is 76.5 Å². The van der Waals surface area contributed by atoms with Crippen molar-refractivity contribution in [1.29, 1.82) is 0 Å². The second kappa shape index (κ2) is 7.34. The van der Waals surface area contributed by atoms with Gasteiger partial charge in [-0.3, -0.25) is 9.58 Å². The Kier molecular flexibility index (Phi) is 5.18. The molecule has 0 aliphatic carbocycles. The van der Waals surface area contributed by atoms with Gasteiger partial charge in [0.2, 0.25) is 0 Å². The van der Waals surface area contributed by atoms with E-state index in [9.17, 15) is 5.11 Å². The van der Waals surface area contributed by atoms with E-state index in [1.54, 1.807) is 6.20 Å². The summed E-state index contributed by atoms with van der Waals surface area (Å²) >= 11 is 0. The van der Waals surface area contributed by atoms with E-state index in [-0.39, 0.29) is 0 Å². The maximum absolute atomic E-state index is 9.75. The van der Waals surface area contributed by atoms with Gasteiger partial charge in [-0.05, 0) is 42.2 Å². The van der Waals surface area contributed by atoms with Crippen LogP contribution in [0.15, 0.2) is 24.4 Å². The van der Waals surface area contributed by atoms with Crippen LogP contribution in [0.3, 0.4) is 0 Å². The number of β-amino-alcohol motifs (C(OH)–C–C–N with tert-alkyl or cyclic N) is 1. The van der Waals surface area contributed by atoms with Crippen LogP contribution in [0.5, 0.6) is 5.75 Å². The summed E-state index contributed by atoms with van der Waals surface area (Å²) in [5.74, 6) is 0.936. The monoisotopic (exact) mass is 330 g/mol. The smallest absolute Gasteiger partial charge is 0.130 e. The minimum atomic E-state index is -0.450. The average molecular weight is 330 g/mol. The molecule has 2 heterocycles. The normalized spacial score (nSPS) is 16.0. The van der Waals surface area contributed by atoms with Gasteiger partial charge in [0.05, 0.1) is 11.8 Å². The van der Waals surface area contributed by atoms with Crippen molar-refractivity contribution < 1.29 is 9.84 Å². The number of nitrogens with zero attached hydrogens (tertiary/aromatic N) is 3. The number of hydrogen-bond donors (Lipinski definition) is 2. The second-order valence-corrected chi connectivity index (χ2v) is 6.44. The summed E-state index contributed by atoms with van der Waals surface area (Å²) in [7, 11) is 1.92. The molecule has 3 N–H and O–H groups in total. The molecule has 130 valence electrons. The van der Waals surface area contributed by atoms with Crippen LogP contribution in [0, 0.1) is 6.92 Å². The highest BCUT2D eigenvalue weighted by Gasteiger charge is 2.21. The molecule has 0 fully saturated rings. The molecule has 24 heavy (non-hydrogen) atoms. The quantitative estimate of drug-likeness (QED) is 0.826. The first-order chi connectivity index (χ1) is 11.6. The molecule has 3 rings (SSSR count). The van der Waals surface area contributed by atoms with Crippen LogP contribution in [-0.4, -0.2) is 45.5 Å². The average Bonchev–Trinajstić information content (AvgIpc) is 2.99. The molecule has 0 bridgehead atoms. The molecule has 0 radical (unpaired) electrons. The highest BCUT2D eigenvalue weighted by molar-refractivity contribution is 5.45. The minimum absolute atomic E-state index is 0.309. The fourth-order valence-corrected chi connectivity index (χ4v) is 3.26. The van der Waals surface area contributed by atoms with E-state index in [1.807, 2.05) is 23.9 Å². The van der Waals surface area contributed by atoms with Crippen molar-refractivity contribution >= 4 is 0 Å². The standard InChI is InChI=1S/C18H26N4O2/c1-13-17-6-8-22(11-16(23)9-19)10-14(17)3-4-18(13)24-12-15-5-7-20-21(15)2/h3-5,7,16,23H,6,8-12,19H2,1-2H3. The minimum Gasteiger partial charge on any atom is -0.487 e. The zero-order valence-corrected chi connectivity index (χ0v) is 14.4. The predicted molar refractivity (Wildman–Crippen MR) is 92.8 cm³/mol. The van der Waals surface area contributed by atoms with Gasteiger partial charge >= 0.3 is 0 Å². The third kappa shape index (κ3) is 3.61. The molecule has 6 heteroatoms. The Morgan fingerprint density at radius 3 is 2.92 bits per heavy atom. The Morgan fingerprint density at radius 1 is 1.38 bits per heavy atom. The highest BCUT2D eigenvalue weighted by Crippen LogP contribution is 2.29. The number of aliphatic hydroxyl groups excluding tert-OH is 1. The van der Waals surface area contributed by atoms with Crippen LogP contribution in [0.4, 0.5) is 0 Å². The molecule has 1 aromatic heterocycles. The summed E-state index contributed by atoms with van der Waals surface area (Å²) in [6.07, 6.45) is 2.30. The van der Waals surface area contributed by atoms with Crippen molar-refractivity contribution in [3.8, 4) is 5.75 Å². The summed E-state index contributed by atoms with van der Waals surface area (Å²) in [6.45, 7) is 5.38. The molecule has 0 saturated heterocycles. The van der Waals surface area contributed by atoms with Crippen LogP contribution < -0.4 is 10.5 Å². The first-order valence-electron chi connectivity index (χ1n) is 8.40. The van der Waals surface area contributed by atoms with E-state index in [1.165, 1.54) is 16.7 Å². The van der Waals surface area contributed by atoms with Crippen LogP contribution >= 0.6 is 0 Å². The molecule has 0 saturated carbocycles. The number of benzene rings is 1. The summed E-state index contributed by atoms with van der Waals surface area (Å²) in [4.78, 5) is 2.26. The number of hydrogen-bond acceptors (Lipinski definition) is 5. The first kappa shape index (κ1) is 17.0. The van der Waals surface area contributed by atoms with Gasteiger partial charge in [-0.25, -0.2) is 0 Å². The molecule has 2 aromatic rings. The first-order valence-corrected chi connectivity index (χ1v) is 8.40. The van der Waals surface area contributed by atoms with Crippen molar-refractivity contribution in [3.63, 3.8) is 0 Å². The number of rotatable bonds is 6. The maximum Gasteiger partial charge on any atom is 0.130 e. The number of nitrogens with two attached hydrogens (primary N) is 1. The fourth-order valence-electron chi connectivity index (χ4n) is 3.26. The maximum atomic E-state index is 9.75. The largest absolute Gasteiger partial charge is 0.487 e. The lowest BCUT2D eigenvalue weighted by molar-refractivity contribution is 0.111. The zero-order chi connectivity index (χ0) is 17.1. The fraction of sp³-hybridized carbons (Fsp3) is 0.500. The van der Waals surface area contributed by atoms with Crippen LogP contribution in [0.1, 0.15) is 22.4 Å². The Labute approximate surface area is 142 Å². The molecule has 1 aliphatic rings. The van der Waals surface area contributed by atoms with Gasteiger partial charge in [0, 0.05) is 39.4 Å². The molecule has 6 nitrogen and oxygen atoms in total. The van der Waals surface area contributed by atoms with Crippen molar-refractivity contribution in [2.75, 3.05) is 19.6 Å². The Balaban J connectivity index is 1.69. The van der Waals surface area contributed by atoms with Crippen molar-refractivity contribution in [3.05, 3.63) is 46.8 Å². The van der Waals surface area contributed by atoms with Gasteiger partial charge in [0.1, 0.15) is 12.4 Å². The van der Waals surface area contributed by atoms with Crippen molar-refractivity contribution in [2.45, 2.75) is 32.6 Å². The number of fused-ring (bicyclic) bond motifs is 1. The van der Waals surface area contributed by atoms with E-state index in [0.717, 1.165) is 31.0 Å². The summed E-state index contributed by atoms with van der Waals surface area (Å²) in [5, 5.41) is 13.9. The lowest BCUT2D eigenvalue weighted by Crippen LogP contribution is -2.39. The predicted octanol–water partition coefficient (Wildman–Crippen LogP) is 0.985. The molecule has 0 amide bonds. The number of aliphatic hydroxyl groups is 1. The summed E-state index contributed by atoms with van der Waals surface area (Å²) in [5.41, 5.74) is 10.5. The number of aryl methyl sites for hydroxylation is 1.